The minimum atomic E-state index is -4.77. The SMILES string of the molecule is CCc1c(C)[nH]c2ccc(OC(F)(F)F)cc2c1=O. The highest BCUT2D eigenvalue weighted by atomic mass is 19.4. The molecule has 2 rings (SSSR count). The number of H-pyrrole nitrogens is 1. The summed E-state index contributed by atoms with van der Waals surface area (Å²) in [5, 5.41) is 0.198. The molecule has 6 heteroatoms. The van der Waals surface area contributed by atoms with Crippen LogP contribution in [0.1, 0.15) is 18.2 Å². The van der Waals surface area contributed by atoms with E-state index in [1.54, 1.807) is 6.92 Å². The van der Waals surface area contributed by atoms with Gasteiger partial charge in [0, 0.05) is 22.2 Å². The molecule has 0 aliphatic rings. The molecule has 3 nitrogen and oxygen atoms in total. The number of alkyl halides is 3. The summed E-state index contributed by atoms with van der Waals surface area (Å²) >= 11 is 0. The summed E-state index contributed by atoms with van der Waals surface area (Å²) in [6, 6.07) is 3.70. The van der Waals surface area contributed by atoms with Gasteiger partial charge in [-0.2, -0.15) is 0 Å². The van der Waals surface area contributed by atoms with Crippen molar-refractivity contribution in [1.82, 2.24) is 4.98 Å². The van der Waals surface area contributed by atoms with Gasteiger partial charge in [-0.1, -0.05) is 6.92 Å². The zero-order valence-electron chi connectivity index (χ0n) is 10.4. The Bertz CT molecular complexity index is 674. The van der Waals surface area contributed by atoms with Gasteiger partial charge in [-0.25, -0.2) is 0 Å². The van der Waals surface area contributed by atoms with Gasteiger partial charge >= 0.3 is 6.36 Å². The lowest BCUT2D eigenvalue weighted by Crippen LogP contribution is -2.18. The van der Waals surface area contributed by atoms with Crippen molar-refractivity contribution in [3.05, 3.63) is 39.7 Å². The third-order valence-corrected chi connectivity index (χ3v) is 2.87. The number of benzene rings is 1. The highest BCUT2D eigenvalue weighted by Crippen LogP contribution is 2.25. The maximum atomic E-state index is 12.1. The van der Waals surface area contributed by atoms with Crippen LogP contribution in [0.3, 0.4) is 0 Å². The lowest BCUT2D eigenvalue weighted by atomic mass is 10.1. The lowest BCUT2D eigenvalue weighted by Gasteiger charge is -2.10. The second-order valence-corrected chi connectivity index (χ2v) is 4.17. The number of rotatable bonds is 2. The van der Waals surface area contributed by atoms with Crippen molar-refractivity contribution in [1.29, 1.82) is 0 Å². The molecule has 0 aliphatic carbocycles. The highest BCUT2D eigenvalue weighted by Gasteiger charge is 2.31. The van der Waals surface area contributed by atoms with Crippen molar-refractivity contribution in [3.63, 3.8) is 0 Å². The molecule has 0 amide bonds. The van der Waals surface area contributed by atoms with E-state index in [1.165, 1.54) is 12.1 Å². The summed E-state index contributed by atoms with van der Waals surface area (Å²) in [5.74, 6) is -0.392. The van der Waals surface area contributed by atoms with Crippen LogP contribution in [0.4, 0.5) is 13.2 Å². The van der Waals surface area contributed by atoms with E-state index in [9.17, 15) is 18.0 Å². The molecule has 0 aliphatic heterocycles. The predicted molar refractivity (Wildman–Crippen MR) is 65.4 cm³/mol. The van der Waals surface area contributed by atoms with Gasteiger partial charge in [0.05, 0.1) is 0 Å². The summed E-state index contributed by atoms with van der Waals surface area (Å²) in [6.45, 7) is 3.58. The first-order chi connectivity index (χ1) is 8.81. The Hall–Kier alpha value is -1.98. The number of aromatic amines is 1. The Morgan fingerprint density at radius 2 is 2.00 bits per heavy atom. The molecule has 0 fully saturated rings. The minimum absolute atomic E-state index is 0.198. The van der Waals surface area contributed by atoms with E-state index in [4.69, 9.17) is 0 Å². The van der Waals surface area contributed by atoms with Gasteiger partial charge in [-0.05, 0) is 31.5 Å². The molecular formula is C13H12F3NO2. The van der Waals surface area contributed by atoms with Crippen LogP contribution in [0.5, 0.6) is 5.75 Å². The fourth-order valence-electron chi connectivity index (χ4n) is 2.05. The standard InChI is InChI=1S/C13H12F3NO2/c1-3-9-7(2)17-11-5-4-8(19-13(14,15)16)6-10(11)12(9)18/h4-6H,3H2,1-2H3,(H,17,18). The molecule has 0 spiro atoms. The van der Waals surface area contributed by atoms with Crippen molar-refractivity contribution in [2.75, 3.05) is 0 Å². The molecule has 1 aromatic heterocycles. The third kappa shape index (κ3) is 2.72. The van der Waals surface area contributed by atoms with Crippen molar-refractivity contribution in [2.24, 2.45) is 0 Å². The van der Waals surface area contributed by atoms with Crippen molar-refractivity contribution >= 4 is 10.9 Å². The Morgan fingerprint density at radius 1 is 1.32 bits per heavy atom. The summed E-state index contributed by atoms with van der Waals surface area (Å²) in [6.07, 6.45) is -4.25. The molecule has 0 saturated heterocycles. The molecule has 102 valence electrons. The minimum Gasteiger partial charge on any atom is -0.406 e. The molecule has 2 aromatic rings. The predicted octanol–water partition coefficient (Wildman–Crippen LogP) is 3.30. The van der Waals surface area contributed by atoms with Gasteiger partial charge in [0.25, 0.3) is 0 Å². The smallest absolute Gasteiger partial charge is 0.406 e. The molecule has 0 radical (unpaired) electrons. The molecule has 1 aromatic carbocycles. The number of aryl methyl sites for hydroxylation is 1. The number of aromatic nitrogens is 1. The molecule has 1 heterocycles. The Morgan fingerprint density at radius 3 is 2.58 bits per heavy atom. The normalized spacial score (nSPS) is 11.8. The van der Waals surface area contributed by atoms with Gasteiger partial charge < -0.3 is 9.72 Å². The largest absolute Gasteiger partial charge is 0.573 e. The van der Waals surface area contributed by atoms with E-state index >= 15 is 0 Å². The topological polar surface area (TPSA) is 42.1 Å². The number of pyridine rings is 1. The van der Waals surface area contributed by atoms with Crippen LogP contribution in [-0.2, 0) is 6.42 Å². The first kappa shape index (κ1) is 13.5. The van der Waals surface area contributed by atoms with Crippen LogP contribution in [0, 0.1) is 6.92 Å². The van der Waals surface area contributed by atoms with Crippen molar-refractivity contribution < 1.29 is 17.9 Å². The van der Waals surface area contributed by atoms with Crippen molar-refractivity contribution in [2.45, 2.75) is 26.6 Å². The maximum absolute atomic E-state index is 12.1. The first-order valence-corrected chi connectivity index (χ1v) is 5.73. The van der Waals surface area contributed by atoms with Crippen LogP contribution in [0.25, 0.3) is 10.9 Å². The number of hydrogen-bond acceptors (Lipinski definition) is 2. The van der Waals surface area contributed by atoms with Crippen LogP contribution >= 0.6 is 0 Å². The fourth-order valence-corrected chi connectivity index (χ4v) is 2.05. The second kappa shape index (κ2) is 4.60. The average Bonchev–Trinajstić information content (AvgIpc) is 2.29. The molecule has 0 unspecified atom stereocenters. The van der Waals surface area contributed by atoms with Gasteiger partial charge in [0.1, 0.15) is 5.75 Å². The summed E-state index contributed by atoms with van der Waals surface area (Å²) in [7, 11) is 0. The highest BCUT2D eigenvalue weighted by molar-refractivity contribution is 5.81. The van der Waals surface area contributed by atoms with Crippen molar-refractivity contribution in [3.8, 4) is 5.75 Å². The molecule has 0 saturated carbocycles. The zero-order chi connectivity index (χ0) is 14.2. The number of fused-ring (bicyclic) bond motifs is 1. The number of halogens is 3. The van der Waals surface area contributed by atoms with Crippen LogP contribution in [0.15, 0.2) is 23.0 Å². The maximum Gasteiger partial charge on any atom is 0.573 e. The van der Waals surface area contributed by atoms with Crippen LogP contribution < -0.4 is 10.2 Å². The third-order valence-electron chi connectivity index (χ3n) is 2.87. The van der Waals surface area contributed by atoms with E-state index in [2.05, 4.69) is 9.72 Å². The molecular weight excluding hydrogens is 259 g/mol. The van der Waals surface area contributed by atoms with Gasteiger partial charge in [-0.3, -0.25) is 4.79 Å². The average molecular weight is 271 g/mol. The number of hydrogen-bond donors (Lipinski definition) is 1. The van der Waals surface area contributed by atoms with E-state index in [-0.39, 0.29) is 10.8 Å². The molecule has 1 N–H and O–H groups in total. The van der Waals surface area contributed by atoms with Gasteiger partial charge in [0.15, 0.2) is 5.43 Å². The number of ether oxygens (including phenoxy) is 1. The van der Waals surface area contributed by atoms with E-state index in [0.29, 0.717) is 17.5 Å². The lowest BCUT2D eigenvalue weighted by molar-refractivity contribution is -0.274. The van der Waals surface area contributed by atoms with Gasteiger partial charge in [0.2, 0.25) is 0 Å². The quantitative estimate of drug-likeness (QED) is 0.910. The first-order valence-electron chi connectivity index (χ1n) is 5.73. The summed E-state index contributed by atoms with van der Waals surface area (Å²) < 4.78 is 40.2. The molecule has 0 atom stereocenters. The Kier molecular flexibility index (Phi) is 3.26. The second-order valence-electron chi connectivity index (χ2n) is 4.17. The van der Waals surface area contributed by atoms with E-state index in [0.717, 1.165) is 11.8 Å². The monoisotopic (exact) mass is 271 g/mol. The van der Waals surface area contributed by atoms with E-state index < -0.39 is 12.1 Å². The molecule has 0 bridgehead atoms. The summed E-state index contributed by atoms with van der Waals surface area (Å²) in [5.41, 5.74) is 1.52. The van der Waals surface area contributed by atoms with E-state index in [1.807, 2.05) is 6.92 Å². The van der Waals surface area contributed by atoms with Crippen LogP contribution in [-0.4, -0.2) is 11.3 Å². The number of nitrogens with one attached hydrogen (secondary N) is 1. The Labute approximate surface area is 107 Å². The van der Waals surface area contributed by atoms with Gasteiger partial charge in [-0.15, -0.1) is 13.2 Å². The summed E-state index contributed by atoms with van der Waals surface area (Å²) in [4.78, 5) is 15.1. The van der Waals surface area contributed by atoms with Crippen LogP contribution in [0.2, 0.25) is 0 Å². The fraction of sp³-hybridized carbons (Fsp3) is 0.308. The zero-order valence-corrected chi connectivity index (χ0v) is 10.4. The molecule has 19 heavy (non-hydrogen) atoms. The Balaban J connectivity index is 2.62.